The fourth-order valence-electron chi connectivity index (χ4n) is 2.23. The third-order valence-corrected chi connectivity index (χ3v) is 3.47. The molecule has 2 aromatic rings. The minimum Gasteiger partial charge on any atom is -0.428 e. The van der Waals surface area contributed by atoms with Gasteiger partial charge in [-0.15, -0.1) is 0 Å². The zero-order chi connectivity index (χ0) is 19.5. The lowest BCUT2D eigenvalue weighted by molar-refractivity contribution is 0.0204. The van der Waals surface area contributed by atoms with E-state index in [1.54, 1.807) is 32.9 Å². The normalized spacial score (nSPS) is 11.3. The van der Waals surface area contributed by atoms with Crippen molar-refractivity contribution in [3.05, 3.63) is 58.3 Å². The first kappa shape index (κ1) is 19.6. The Kier molecular flexibility index (Phi) is 5.75. The van der Waals surface area contributed by atoms with Crippen molar-refractivity contribution in [2.45, 2.75) is 46.1 Å². The van der Waals surface area contributed by atoms with Crippen LogP contribution in [-0.2, 0) is 4.74 Å². The third-order valence-electron chi connectivity index (χ3n) is 3.47. The Bertz CT molecular complexity index is 872. The van der Waals surface area contributed by atoms with Crippen molar-refractivity contribution in [1.29, 1.82) is 0 Å². The molecule has 1 aromatic heterocycles. The van der Waals surface area contributed by atoms with Gasteiger partial charge in [-0.05, 0) is 50.5 Å². The van der Waals surface area contributed by atoms with Crippen molar-refractivity contribution < 1.29 is 18.7 Å². The molecule has 0 amide bonds. The SMILES string of the molecule is CC(C)c1ccc(OC(=O)OC(C)(C)C)c(=O)c(-c2cncc(F)c2)c1. The number of carbonyl (C=O) groups is 1. The van der Waals surface area contributed by atoms with E-state index in [-0.39, 0.29) is 17.2 Å². The van der Waals surface area contributed by atoms with Crippen molar-refractivity contribution in [2.24, 2.45) is 0 Å². The van der Waals surface area contributed by atoms with E-state index in [4.69, 9.17) is 9.47 Å². The molecule has 0 atom stereocenters. The Hall–Kier alpha value is -2.76. The molecular formula is C20H22FNO4. The van der Waals surface area contributed by atoms with Gasteiger partial charge in [0.15, 0.2) is 5.75 Å². The Balaban J connectivity index is 2.57. The molecule has 0 aliphatic carbocycles. The van der Waals surface area contributed by atoms with Crippen molar-refractivity contribution in [3.8, 4) is 16.9 Å². The molecule has 26 heavy (non-hydrogen) atoms. The number of ether oxygens (including phenoxy) is 2. The molecule has 0 bridgehead atoms. The summed E-state index contributed by atoms with van der Waals surface area (Å²) in [7, 11) is 0. The number of carbonyl (C=O) groups excluding carboxylic acids is 1. The van der Waals surface area contributed by atoms with Gasteiger partial charge in [-0.1, -0.05) is 19.9 Å². The molecule has 1 heterocycles. The molecule has 138 valence electrons. The molecule has 0 saturated heterocycles. The molecule has 0 unspecified atom stereocenters. The molecule has 0 spiro atoms. The lowest BCUT2D eigenvalue weighted by Crippen LogP contribution is -2.27. The van der Waals surface area contributed by atoms with Gasteiger partial charge in [0.1, 0.15) is 11.4 Å². The van der Waals surface area contributed by atoms with Gasteiger partial charge < -0.3 is 9.47 Å². The first-order chi connectivity index (χ1) is 12.1. The van der Waals surface area contributed by atoms with Gasteiger partial charge >= 0.3 is 6.16 Å². The zero-order valence-corrected chi connectivity index (χ0v) is 15.5. The molecule has 1 aromatic carbocycles. The van der Waals surface area contributed by atoms with Gasteiger partial charge in [0.25, 0.3) is 0 Å². The molecule has 0 N–H and O–H groups in total. The third kappa shape index (κ3) is 5.12. The standard InChI is InChI=1S/C20H22FNO4/c1-12(2)13-6-7-17(25-19(24)26-20(3,4)5)18(23)16(9-13)14-8-15(21)11-22-10-14/h6-12H,1-5H3. The summed E-state index contributed by atoms with van der Waals surface area (Å²) in [4.78, 5) is 28.6. The molecule has 2 rings (SSSR count). The van der Waals surface area contributed by atoms with Gasteiger partial charge in [-0.3, -0.25) is 9.78 Å². The second kappa shape index (κ2) is 7.64. The highest BCUT2D eigenvalue weighted by atomic mass is 19.1. The van der Waals surface area contributed by atoms with E-state index in [0.29, 0.717) is 5.56 Å². The van der Waals surface area contributed by atoms with E-state index < -0.39 is 23.0 Å². The second-order valence-corrected chi connectivity index (χ2v) is 7.20. The van der Waals surface area contributed by atoms with Crippen molar-refractivity contribution in [3.63, 3.8) is 0 Å². The van der Waals surface area contributed by atoms with Gasteiger partial charge in [0.2, 0.25) is 5.43 Å². The molecule has 0 fully saturated rings. The lowest BCUT2D eigenvalue weighted by Gasteiger charge is -2.18. The van der Waals surface area contributed by atoms with Crippen LogP contribution in [0.2, 0.25) is 0 Å². The van der Waals surface area contributed by atoms with Crippen LogP contribution in [0.3, 0.4) is 0 Å². The maximum Gasteiger partial charge on any atom is 0.514 e. The van der Waals surface area contributed by atoms with E-state index in [9.17, 15) is 14.0 Å². The Morgan fingerprint density at radius 3 is 2.42 bits per heavy atom. The van der Waals surface area contributed by atoms with E-state index >= 15 is 0 Å². The summed E-state index contributed by atoms with van der Waals surface area (Å²) >= 11 is 0. The fraction of sp³-hybridized carbons (Fsp3) is 0.350. The number of aromatic nitrogens is 1. The molecule has 0 aliphatic rings. The van der Waals surface area contributed by atoms with E-state index in [1.807, 2.05) is 13.8 Å². The minimum absolute atomic E-state index is 0.108. The van der Waals surface area contributed by atoms with Crippen LogP contribution < -0.4 is 10.2 Å². The Morgan fingerprint density at radius 1 is 1.15 bits per heavy atom. The van der Waals surface area contributed by atoms with Crippen molar-refractivity contribution in [1.82, 2.24) is 4.98 Å². The van der Waals surface area contributed by atoms with Crippen LogP contribution in [-0.4, -0.2) is 16.7 Å². The summed E-state index contributed by atoms with van der Waals surface area (Å²) < 4.78 is 23.8. The first-order valence-electron chi connectivity index (χ1n) is 8.27. The zero-order valence-electron chi connectivity index (χ0n) is 15.5. The van der Waals surface area contributed by atoms with Crippen LogP contribution in [0.5, 0.6) is 5.75 Å². The number of hydrogen-bond donors (Lipinski definition) is 0. The van der Waals surface area contributed by atoms with Crippen LogP contribution in [0.1, 0.15) is 46.1 Å². The number of hydrogen-bond acceptors (Lipinski definition) is 5. The molecule has 0 radical (unpaired) electrons. The van der Waals surface area contributed by atoms with Crippen molar-refractivity contribution >= 4 is 6.16 Å². The summed E-state index contributed by atoms with van der Waals surface area (Å²) in [5, 5.41) is 0. The van der Waals surface area contributed by atoms with Crippen LogP contribution in [0.4, 0.5) is 9.18 Å². The summed E-state index contributed by atoms with van der Waals surface area (Å²) in [6.45, 7) is 9.00. The second-order valence-electron chi connectivity index (χ2n) is 7.20. The number of nitrogens with zero attached hydrogens (tertiary/aromatic N) is 1. The molecule has 5 nitrogen and oxygen atoms in total. The van der Waals surface area contributed by atoms with Gasteiger partial charge in [0, 0.05) is 17.3 Å². The highest BCUT2D eigenvalue weighted by Gasteiger charge is 2.20. The highest BCUT2D eigenvalue weighted by Crippen LogP contribution is 2.23. The molecular weight excluding hydrogens is 337 g/mol. The number of pyridine rings is 1. The summed E-state index contributed by atoms with van der Waals surface area (Å²) in [6, 6.07) is 6.00. The average molecular weight is 359 g/mol. The van der Waals surface area contributed by atoms with E-state index in [0.717, 1.165) is 11.8 Å². The maximum atomic E-state index is 13.6. The van der Waals surface area contributed by atoms with Crippen molar-refractivity contribution in [2.75, 3.05) is 0 Å². The average Bonchev–Trinajstić information content (AvgIpc) is 2.66. The monoisotopic (exact) mass is 359 g/mol. The van der Waals surface area contributed by atoms with Crippen LogP contribution in [0, 0.1) is 5.82 Å². The van der Waals surface area contributed by atoms with Gasteiger partial charge in [0.05, 0.1) is 6.20 Å². The smallest absolute Gasteiger partial charge is 0.428 e. The predicted molar refractivity (Wildman–Crippen MR) is 96.9 cm³/mol. The van der Waals surface area contributed by atoms with Crippen LogP contribution in [0.25, 0.3) is 11.1 Å². The minimum atomic E-state index is -0.977. The van der Waals surface area contributed by atoms with Gasteiger partial charge in [-0.25, -0.2) is 9.18 Å². The molecule has 0 aliphatic heterocycles. The topological polar surface area (TPSA) is 65.5 Å². The van der Waals surface area contributed by atoms with E-state index in [1.165, 1.54) is 18.3 Å². The van der Waals surface area contributed by atoms with Gasteiger partial charge in [-0.2, -0.15) is 0 Å². The highest BCUT2D eigenvalue weighted by molar-refractivity contribution is 5.68. The Morgan fingerprint density at radius 2 is 1.85 bits per heavy atom. The first-order valence-corrected chi connectivity index (χ1v) is 8.27. The summed E-state index contributed by atoms with van der Waals surface area (Å²) in [6.07, 6.45) is 1.47. The van der Waals surface area contributed by atoms with Crippen LogP contribution >= 0.6 is 0 Å². The lowest BCUT2D eigenvalue weighted by atomic mass is 10.0. The quantitative estimate of drug-likeness (QED) is 0.744. The number of halogens is 1. The largest absolute Gasteiger partial charge is 0.514 e. The molecule has 6 heteroatoms. The fourth-order valence-corrected chi connectivity index (χ4v) is 2.23. The Labute approximate surface area is 151 Å². The summed E-state index contributed by atoms with van der Waals surface area (Å²) in [5.74, 6) is -0.643. The molecule has 0 saturated carbocycles. The van der Waals surface area contributed by atoms with Crippen LogP contribution in [0.15, 0.2) is 41.5 Å². The maximum absolute atomic E-state index is 13.6. The van der Waals surface area contributed by atoms with E-state index in [2.05, 4.69) is 4.98 Å². The number of rotatable bonds is 3. The predicted octanol–water partition coefficient (Wildman–Crippen LogP) is 4.69. The summed E-state index contributed by atoms with van der Waals surface area (Å²) in [5.41, 5.74) is 0.0390.